The molecule has 1 unspecified atom stereocenters. The lowest BCUT2D eigenvalue weighted by Crippen LogP contribution is -2.43. The molecular formula is C18H24N2O3. The van der Waals surface area contributed by atoms with Gasteiger partial charge in [0, 0.05) is 24.7 Å². The van der Waals surface area contributed by atoms with Gasteiger partial charge in [-0.3, -0.25) is 4.79 Å². The summed E-state index contributed by atoms with van der Waals surface area (Å²) in [4.78, 5) is 14.6. The number of amides is 1. The van der Waals surface area contributed by atoms with Gasteiger partial charge in [-0.15, -0.1) is 0 Å². The van der Waals surface area contributed by atoms with E-state index in [1.807, 2.05) is 36.1 Å². The molecule has 1 amide bonds. The van der Waals surface area contributed by atoms with E-state index in [0.717, 1.165) is 31.5 Å². The summed E-state index contributed by atoms with van der Waals surface area (Å²) in [5.74, 6) is 1.99. The van der Waals surface area contributed by atoms with Gasteiger partial charge in [-0.25, -0.2) is 0 Å². The fraction of sp³-hybridized carbons (Fsp3) is 0.500. The van der Waals surface area contributed by atoms with Gasteiger partial charge < -0.3 is 20.1 Å². The maximum atomic E-state index is 12.7. The Morgan fingerprint density at radius 2 is 2.13 bits per heavy atom. The number of hydrogen-bond acceptors (Lipinski definition) is 4. The van der Waals surface area contributed by atoms with E-state index < -0.39 is 0 Å². The Morgan fingerprint density at radius 1 is 1.39 bits per heavy atom. The molecule has 1 fully saturated rings. The van der Waals surface area contributed by atoms with Crippen molar-refractivity contribution >= 4 is 12.0 Å². The minimum atomic E-state index is 0.0709. The van der Waals surface area contributed by atoms with Crippen LogP contribution in [0.3, 0.4) is 0 Å². The van der Waals surface area contributed by atoms with Gasteiger partial charge >= 0.3 is 0 Å². The SMILES string of the molecule is COc1cccc2c1OCC(C(=O)N1CCC(C(C)N)CC1)=C2. The number of para-hydroxylation sites is 1. The van der Waals surface area contributed by atoms with Gasteiger partial charge in [0.2, 0.25) is 0 Å². The standard InChI is InChI=1S/C18H24N2O3/c1-12(19)13-6-8-20(9-7-13)18(21)15-10-14-4-3-5-16(22-2)17(14)23-11-15/h3-5,10,12-13H,6-9,11,19H2,1-2H3. The zero-order valence-corrected chi connectivity index (χ0v) is 13.7. The minimum Gasteiger partial charge on any atom is -0.493 e. The third kappa shape index (κ3) is 3.20. The molecule has 5 nitrogen and oxygen atoms in total. The average Bonchev–Trinajstić information content (AvgIpc) is 2.60. The van der Waals surface area contributed by atoms with Gasteiger partial charge in [-0.05, 0) is 37.8 Å². The van der Waals surface area contributed by atoms with E-state index in [9.17, 15) is 4.79 Å². The first-order chi connectivity index (χ1) is 11.1. The first kappa shape index (κ1) is 15.9. The van der Waals surface area contributed by atoms with Gasteiger partial charge in [-0.2, -0.15) is 0 Å². The predicted octanol–water partition coefficient (Wildman–Crippen LogP) is 2.06. The van der Waals surface area contributed by atoms with Crippen LogP contribution in [0.4, 0.5) is 0 Å². The number of carbonyl (C=O) groups is 1. The number of methoxy groups -OCH3 is 1. The van der Waals surface area contributed by atoms with Crippen LogP contribution in [0, 0.1) is 5.92 Å². The highest BCUT2D eigenvalue weighted by Gasteiger charge is 2.28. The van der Waals surface area contributed by atoms with Crippen molar-refractivity contribution in [3.05, 3.63) is 29.3 Å². The fourth-order valence-electron chi connectivity index (χ4n) is 3.30. The van der Waals surface area contributed by atoms with Crippen molar-refractivity contribution in [2.45, 2.75) is 25.8 Å². The summed E-state index contributed by atoms with van der Waals surface area (Å²) in [7, 11) is 1.62. The van der Waals surface area contributed by atoms with Crippen LogP contribution in [0.25, 0.3) is 6.08 Å². The summed E-state index contributed by atoms with van der Waals surface area (Å²) in [6.45, 7) is 3.88. The predicted molar refractivity (Wildman–Crippen MR) is 89.4 cm³/mol. The van der Waals surface area contributed by atoms with E-state index in [0.29, 0.717) is 29.6 Å². The zero-order valence-electron chi connectivity index (χ0n) is 13.7. The maximum absolute atomic E-state index is 12.7. The highest BCUT2D eigenvalue weighted by molar-refractivity contribution is 5.99. The van der Waals surface area contributed by atoms with Crippen LogP contribution in [-0.2, 0) is 4.79 Å². The number of rotatable bonds is 3. The van der Waals surface area contributed by atoms with Crippen molar-refractivity contribution in [1.82, 2.24) is 4.90 Å². The molecule has 1 aromatic rings. The monoisotopic (exact) mass is 316 g/mol. The molecule has 0 saturated carbocycles. The van der Waals surface area contributed by atoms with E-state index in [1.54, 1.807) is 7.11 Å². The van der Waals surface area contributed by atoms with Gasteiger partial charge in [-0.1, -0.05) is 12.1 Å². The van der Waals surface area contributed by atoms with E-state index >= 15 is 0 Å². The van der Waals surface area contributed by atoms with Crippen LogP contribution >= 0.6 is 0 Å². The Balaban J connectivity index is 1.73. The average molecular weight is 316 g/mol. The Bertz CT molecular complexity index is 617. The van der Waals surface area contributed by atoms with Crippen LogP contribution in [0.1, 0.15) is 25.3 Å². The molecule has 0 radical (unpaired) electrons. The number of nitrogens with zero attached hydrogens (tertiary/aromatic N) is 1. The summed E-state index contributed by atoms with van der Waals surface area (Å²) in [5, 5.41) is 0. The van der Waals surface area contributed by atoms with Crippen LogP contribution in [0.5, 0.6) is 11.5 Å². The number of ether oxygens (including phenoxy) is 2. The molecule has 2 aliphatic rings. The smallest absolute Gasteiger partial charge is 0.253 e. The highest BCUT2D eigenvalue weighted by Crippen LogP contribution is 2.36. The molecule has 0 bridgehead atoms. The molecule has 2 N–H and O–H groups in total. The summed E-state index contributed by atoms with van der Waals surface area (Å²) in [6.07, 6.45) is 3.87. The van der Waals surface area contributed by atoms with Crippen molar-refractivity contribution in [2.75, 3.05) is 26.8 Å². The summed E-state index contributed by atoms with van der Waals surface area (Å²) >= 11 is 0. The molecule has 0 spiro atoms. The molecule has 124 valence electrons. The van der Waals surface area contributed by atoms with E-state index in [2.05, 4.69) is 0 Å². The lowest BCUT2D eigenvalue weighted by Gasteiger charge is -2.34. The molecule has 3 rings (SSSR count). The van der Waals surface area contributed by atoms with E-state index in [1.165, 1.54) is 0 Å². The van der Waals surface area contributed by atoms with Crippen molar-refractivity contribution in [3.8, 4) is 11.5 Å². The molecule has 2 heterocycles. The molecule has 5 heteroatoms. The number of carbonyl (C=O) groups excluding carboxylic acids is 1. The normalized spacial score (nSPS) is 19.4. The summed E-state index contributed by atoms with van der Waals surface area (Å²) in [5.41, 5.74) is 7.56. The molecular weight excluding hydrogens is 292 g/mol. The van der Waals surface area contributed by atoms with Crippen LogP contribution in [0.15, 0.2) is 23.8 Å². The lowest BCUT2D eigenvalue weighted by atomic mass is 9.90. The molecule has 1 aromatic carbocycles. The van der Waals surface area contributed by atoms with Crippen LogP contribution in [-0.4, -0.2) is 43.7 Å². The quantitative estimate of drug-likeness (QED) is 0.927. The van der Waals surface area contributed by atoms with Gasteiger partial charge in [0.25, 0.3) is 5.91 Å². The van der Waals surface area contributed by atoms with Gasteiger partial charge in [0.1, 0.15) is 6.61 Å². The first-order valence-electron chi connectivity index (χ1n) is 8.15. The van der Waals surface area contributed by atoms with Gasteiger partial charge in [0.05, 0.1) is 12.7 Å². The Hall–Kier alpha value is -2.01. The Kier molecular flexibility index (Phi) is 4.57. The molecule has 1 saturated heterocycles. The lowest BCUT2D eigenvalue weighted by molar-refractivity contribution is -0.128. The zero-order chi connectivity index (χ0) is 16.4. The Morgan fingerprint density at radius 3 is 2.78 bits per heavy atom. The molecule has 0 aromatic heterocycles. The second-order valence-corrected chi connectivity index (χ2v) is 6.33. The summed E-state index contributed by atoms with van der Waals surface area (Å²) < 4.78 is 11.1. The molecule has 2 aliphatic heterocycles. The third-order valence-electron chi connectivity index (χ3n) is 4.78. The second-order valence-electron chi connectivity index (χ2n) is 6.33. The third-order valence-corrected chi connectivity index (χ3v) is 4.78. The largest absolute Gasteiger partial charge is 0.493 e. The topological polar surface area (TPSA) is 64.8 Å². The van der Waals surface area contributed by atoms with Crippen LogP contribution < -0.4 is 15.2 Å². The molecule has 0 aliphatic carbocycles. The molecule has 1 atom stereocenters. The fourth-order valence-corrected chi connectivity index (χ4v) is 3.30. The number of hydrogen-bond donors (Lipinski definition) is 1. The molecule has 23 heavy (non-hydrogen) atoms. The maximum Gasteiger partial charge on any atom is 0.253 e. The van der Waals surface area contributed by atoms with Crippen molar-refractivity contribution < 1.29 is 14.3 Å². The first-order valence-corrected chi connectivity index (χ1v) is 8.15. The number of fused-ring (bicyclic) bond motifs is 1. The highest BCUT2D eigenvalue weighted by atomic mass is 16.5. The van der Waals surface area contributed by atoms with E-state index in [4.69, 9.17) is 15.2 Å². The van der Waals surface area contributed by atoms with Crippen molar-refractivity contribution in [1.29, 1.82) is 0 Å². The second kappa shape index (κ2) is 6.62. The Labute approximate surface area is 137 Å². The van der Waals surface area contributed by atoms with Crippen LogP contribution in [0.2, 0.25) is 0 Å². The number of nitrogens with two attached hydrogens (primary N) is 1. The van der Waals surface area contributed by atoms with Gasteiger partial charge in [0.15, 0.2) is 11.5 Å². The van der Waals surface area contributed by atoms with Crippen molar-refractivity contribution in [2.24, 2.45) is 11.7 Å². The minimum absolute atomic E-state index is 0.0709. The van der Waals surface area contributed by atoms with E-state index in [-0.39, 0.29) is 11.9 Å². The number of benzene rings is 1. The van der Waals surface area contributed by atoms with Crippen molar-refractivity contribution in [3.63, 3.8) is 0 Å². The number of likely N-dealkylation sites (tertiary alicyclic amines) is 1. The number of piperidine rings is 1. The summed E-state index contributed by atoms with van der Waals surface area (Å²) in [6, 6.07) is 5.90.